The number of rotatable bonds is 3. The Bertz CT molecular complexity index is 350. The molecule has 94 valence electrons. The van der Waals surface area contributed by atoms with E-state index in [0.29, 0.717) is 6.04 Å². The second-order valence-corrected chi connectivity index (χ2v) is 5.15. The SMILES string of the molecule is CCc1ccc(C2(O)CCC(NC)CC2)cc1. The van der Waals surface area contributed by atoms with Crippen LogP contribution in [0.15, 0.2) is 24.3 Å². The van der Waals surface area contributed by atoms with Gasteiger partial charge < -0.3 is 10.4 Å². The van der Waals surface area contributed by atoms with Gasteiger partial charge in [0.2, 0.25) is 0 Å². The Balaban J connectivity index is 2.10. The molecule has 0 bridgehead atoms. The van der Waals surface area contributed by atoms with Crippen molar-refractivity contribution in [1.29, 1.82) is 0 Å². The summed E-state index contributed by atoms with van der Waals surface area (Å²) >= 11 is 0. The van der Waals surface area contributed by atoms with Gasteiger partial charge in [-0.15, -0.1) is 0 Å². The molecule has 2 rings (SSSR count). The van der Waals surface area contributed by atoms with Gasteiger partial charge in [-0.3, -0.25) is 0 Å². The highest BCUT2D eigenvalue weighted by molar-refractivity contribution is 5.27. The van der Waals surface area contributed by atoms with E-state index >= 15 is 0 Å². The van der Waals surface area contributed by atoms with Gasteiger partial charge in [-0.05, 0) is 50.3 Å². The van der Waals surface area contributed by atoms with Crippen molar-refractivity contribution in [2.24, 2.45) is 0 Å². The summed E-state index contributed by atoms with van der Waals surface area (Å²) in [7, 11) is 2.01. The van der Waals surface area contributed by atoms with Crippen molar-refractivity contribution in [1.82, 2.24) is 5.32 Å². The molecular formula is C15H23NO. The molecule has 1 aromatic carbocycles. The Morgan fingerprint density at radius 1 is 1.24 bits per heavy atom. The highest BCUT2D eigenvalue weighted by Crippen LogP contribution is 2.37. The molecule has 0 radical (unpaired) electrons. The Hall–Kier alpha value is -0.860. The summed E-state index contributed by atoms with van der Waals surface area (Å²) in [6, 6.07) is 9.04. The fraction of sp³-hybridized carbons (Fsp3) is 0.600. The second-order valence-electron chi connectivity index (χ2n) is 5.15. The van der Waals surface area contributed by atoms with E-state index in [9.17, 15) is 5.11 Å². The van der Waals surface area contributed by atoms with E-state index in [1.54, 1.807) is 0 Å². The normalized spacial score (nSPS) is 29.2. The minimum Gasteiger partial charge on any atom is -0.385 e. The van der Waals surface area contributed by atoms with Gasteiger partial charge in [0.1, 0.15) is 0 Å². The van der Waals surface area contributed by atoms with E-state index in [1.807, 2.05) is 7.05 Å². The predicted octanol–water partition coefficient (Wildman–Crippen LogP) is 2.60. The van der Waals surface area contributed by atoms with Crippen LogP contribution >= 0.6 is 0 Å². The van der Waals surface area contributed by atoms with E-state index < -0.39 is 5.60 Å². The van der Waals surface area contributed by atoms with Gasteiger partial charge in [0.05, 0.1) is 5.60 Å². The Kier molecular flexibility index (Phi) is 3.85. The Morgan fingerprint density at radius 3 is 2.29 bits per heavy atom. The molecule has 1 fully saturated rings. The van der Waals surface area contributed by atoms with Crippen LogP contribution in [-0.2, 0) is 12.0 Å². The molecule has 2 N–H and O–H groups in total. The van der Waals surface area contributed by atoms with Crippen LogP contribution in [0.5, 0.6) is 0 Å². The Labute approximate surface area is 104 Å². The van der Waals surface area contributed by atoms with Crippen LogP contribution in [0.4, 0.5) is 0 Å². The number of aliphatic hydroxyl groups is 1. The van der Waals surface area contributed by atoms with Crippen LogP contribution in [0.1, 0.15) is 43.7 Å². The number of benzene rings is 1. The zero-order valence-electron chi connectivity index (χ0n) is 10.9. The maximum atomic E-state index is 10.7. The zero-order chi connectivity index (χ0) is 12.3. The average molecular weight is 233 g/mol. The van der Waals surface area contributed by atoms with Crippen molar-refractivity contribution in [2.75, 3.05) is 7.05 Å². The van der Waals surface area contributed by atoms with Crippen LogP contribution in [-0.4, -0.2) is 18.2 Å². The van der Waals surface area contributed by atoms with E-state index in [0.717, 1.165) is 37.7 Å². The first-order valence-corrected chi connectivity index (χ1v) is 6.67. The van der Waals surface area contributed by atoms with Gasteiger partial charge in [-0.25, -0.2) is 0 Å². The fourth-order valence-corrected chi connectivity index (χ4v) is 2.72. The zero-order valence-corrected chi connectivity index (χ0v) is 10.9. The highest BCUT2D eigenvalue weighted by Gasteiger charge is 2.34. The average Bonchev–Trinajstić information content (AvgIpc) is 2.40. The smallest absolute Gasteiger partial charge is 0.0897 e. The first-order valence-electron chi connectivity index (χ1n) is 6.67. The third-order valence-corrected chi connectivity index (χ3v) is 4.12. The molecule has 2 heteroatoms. The molecule has 0 amide bonds. The minimum atomic E-state index is -0.598. The van der Waals surface area contributed by atoms with Gasteiger partial charge in [0, 0.05) is 6.04 Å². The lowest BCUT2D eigenvalue weighted by Gasteiger charge is -2.36. The van der Waals surface area contributed by atoms with Crippen molar-refractivity contribution in [3.63, 3.8) is 0 Å². The maximum absolute atomic E-state index is 10.7. The minimum absolute atomic E-state index is 0.574. The lowest BCUT2D eigenvalue weighted by Crippen LogP contribution is -2.38. The summed E-state index contributed by atoms with van der Waals surface area (Å²) in [5, 5.41) is 14.0. The number of hydrogen-bond donors (Lipinski definition) is 2. The maximum Gasteiger partial charge on any atom is 0.0897 e. The molecule has 17 heavy (non-hydrogen) atoms. The third kappa shape index (κ3) is 2.70. The molecule has 0 aliphatic heterocycles. The molecule has 0 atom stereocenters. The molecule has 0 aromatic heterocycles. The van der Waals surface area contributed by atoms with Gasteiger partial charge in [0.15, 0.2) is 0 Å². The van der Waals surface area contributed by atoms with Gasteiger partial charge in [0.25, 0.3) is 0 Å². The molecule has 0 heterocycles. The molecule has 0 saturated heterocycles. The molecule has 0 unspecified atom stereocenters. The van der Waals surface area contributed by atoms with Crippen LogP contribution in [0, 0.1) is 0 Å². The summed E-state index contributed by atoms with van der Waals surface area (Å²) in [4.78, 5) is 0. The Morgan fingerprint density at radius 2 is 1.82 bits per heavy atom. The van der Waals surface area contributed by atoms with E-state index in [-0.39, 0.29) is 0 Å². The van der Waals surface area contributed by atoms with Crippen LogP contribution < -0.4 is 5.32 Å². The van der Waals surface area contributed by atoms with E-state index in [1.165, 1.54) is 5.56 Å². The second kappa shape index (κ2) is 5.19. The van der Waals surface area contributed by atoms with Crippen molar-refractivity contribution >= 4 is 0 Å². The summed E-state index contributed by atoms with van der Waals surface area (Å²) in [5.41, 5.74) is 1.82. The highest BCUT2D eigenvalue weighted by atomic mass is 16.3. The molecule has 1 aliphatic rings. The number of aryl methyl sites for hydroxylation is 1. The lowest BCUT2D eigenvalue weighted by molar-refractivity contribution is -0.00763. The number of hydrogen-bond acceptors (Lipinski definition) is 2. The summed E-state index contributed by atoms with van der Waals surface area (Å²) in [6.07, 6.45) is 4.90. The third-order valence-electron chi connectivity index (χ3n) is 4.12. The van der Waals surface area contributed by atoms with Crippen LogP contribution in [0.2, 0.25) is 0 Å². The van der Waals surface area contributed by atoms with Crippen LogP contribution in [0.25, 0.3) is 0 Å². The monoisotopic (exact) mass is 233 g/mol. The van der Waals surface area contributed by atoms with Gasteiger partial charge in [-0.1, -0.05) is 31.2 Å². The summed E-state index contributed by atoms with van der Waals surface area (Å²) in [5.74, 6) is 0. The molecule has 1 aromatic rings. The molecule has 2 nitrogen and oxygen atoms in total. The fourth-order valence-electron chi connectivity index (χ4n) is 2.72. The van der Waals surface area contributed by atoms with Crippen molar-refractivity contribution < 1.29 is 5.11 Å². The summed E-state index contributed by atoms with van der Waals surface area (Å²) < 4.78 is 0. The number of nitrogens with one attached hydrogen (secondary N) is 1. The van der Waals surface area contributed by atoms with E-state index in [4.69, 9.17) is 0 Å². The van der Waals surface area contributed by atoms with Crippen molar-refractivity contribution in [3.05, 3.63) is 35.4 Å². The standard InChI is InChI=1S/C15H23NO/c1-3-12-4-6-13(7-5-12)15(17)10-8-14(16-2)9-11-15/h4-7,14,16-17H,3,8-11H2,1-2H3. The quantitative estimate of drug-likeness (QED) is 0.841. The molecule has 1 saturated carbocycles. The topological polar surface area (TPSA) is 32.3 Å². The predicted molar refractivity (Wildman–Crippen MR) is 71.0 cm³/mol. The van der Waals surface area contributed by atoms with Gasteiger partial charge >= 0.3 is 0 Å². The van der Waals surface area contributed by atoms with Crippen LogP contribution in [0.3, 0.4) is 0 Å². The lowest BCUT2D eigenvalue weighted by atomic mass is 9.77. The molecule has 1 aliphatic carbocycles. The van der Waals surface area contributed by atoms with E-state index in [2.05, 4.69) is 36.5 Å². The first kappa shape index (κ1) is 12.6. The van der Waals surface area contributed by atoms with Crippen molar-refractivity contribution in [3.8, 4) is 0 Å². The first-order chi connectivity index (χ1) is 8.18. The molecule has 0 spiro atoms. The van der Waals surface area contributed by atoms with Gasteiger partial charge in [-0.2, -0.15) is 0 Å². The van der Waals surface area contributed by atoms with Crippen molar-refractivity contribution in [2.45, 2.75) is 50.7 Å². The largest absolute Gasteiger partial charge is 0.385 e. The molecular weight excluding hydrogens is 210 g/mol. The summed E-state index contributed by atoms with van der Waals surface area (Å²) in [6.45, 7) is 2.15.